The van der Waals surface area contributed by atoms with E-state index in [1.165, 1.54) is 31.3 Å². The lowest BCUT2D eigenvalue weighted by molar-refractivity contribution is -0.122. The van der Waals surface area contributed by atoms with Crippen molar-refractivity contribution in [3.8, 4) is 0 Å². The molecule has 0 spiro atoms. The van der Waals surface area contributed by atoms with Crippen molar-refractivity contribution in [2.45, 2.75) is 92.0 Å². The molecule has 1 saturated heterocycles. The van der Waals surface area contributed by atoms with E-state index in [9.17, 15) is 4.79 Å². The Hall–Kier alpha value is -1.56. The van der Waals surface area contributed by atoms with Crippen LogP contribution in [0.15, 0.2) is 11.3 Å². The fourth-order valence-electron chi connectivity index (χ4n) is 4.33. The molecule has 6 nitrogen and oxygen atoms in total. The number of hydrogen-bond acceptors (Lipinski definition) is 4. The van der Waals surface area contributed by atoms with Crippen molar-refractivity contribution in [3.63, 3.8) is 0 Å². The lowest BCUT2D eigenvalue weighted by Gasteiger charge is -2.25. The molecule has 1 unspecified atom stereocenters. The van der Waals surface area contributed by atoms with Crippen LogP contribution in [0.3, 0.4) is 0 Å². The largest absolute Gasteiger partial charge is 0.377 e. The second kappa shape index (κ2) is 14.4. The Morgan fingerprint density at radius 1 is 1.00 bits per heavy atom. The van der Waals surface area contributed by atoms with Gasteiger partial charge in [0.25, 0.3) is 0 Å². The maximum atomic E-state index is 12.2. The third kappa shape index (κ3) is 9.07. The topological polar surface area (TPSA) is 71.5 Å². The number of carbonyl (C=O) groups excluding carboxylic acids is 1. The molecule has 174 valence electrons. The smallest absolute Gasteiger partial charge is 0.242 e. The van der Waals surface area contributed by atoms with Gasteiger partial charge in [0.2, 0.25) is 5.91 Å². The zero-order valence-corrected chi connectivity index (χ0v) is 20.4. The Morgan fingerprint density at radius 3 is 2.17 bits per heavy atom. The van der Waals surface area contributed by atoms with Crippen molar-refractivity contribution in [3.05, 3.63) is 11.3 Å². The van der Waals surface area contributed by atoms with Crippen LogP contribution in [0.1, 0.15) is 86.0 Å². The second-order valence-corrected chi connectivity index (χ2v) is 8.95. The van der Waals surface area contributed by atoms with Gasteiger partial charge in [0.15, 0.2) is 0 Å². The van der Waals surface area contributed by atoms with Crippen LogP contribution in [-0.2, 0) is 4.79 Å². The molecule has 30 heavy (non-hydrogen) atoms. The molecule has 1 atom stereocenters. The lowest BCUT2D eigenvalue weighted by atomic mass is 9.98. The van der Waals surface area contributed by atoms with Crippen LogP contribution in [-0.4, -0.2) is 60.9 Å². The number of amidine groups is 1. The van der Waals surface area contributed by atoms with Crippen LogP contribution in [0.2, 0.25) is 0 Å². The summed E-state index contributed by atoms with van der Waals surface area (Å²) >= 11 is 0. The van der Waals surface area contributed by atoms with E-state index in [1.54, 1.807) is 7.05 Å². The van der Waals surface area contributed by atoms with E-state index in [2.05, 4.69) is 55.1 Å². The van der Waals surface area contributed by atoms with E-state index < -0.39 is 0 Å². The van der Waals surface area contributed by atoms with Gasteiger partial charge < -0.3 is 15.5 Å². The van der Waals surface area contributed by atoms with E-state index in [-0.39, 0.29) is 11.9 Å². The Balaban J connectivity index is 2.56. The quantitative estimate of drug-likeness (QED) is 0.288. The summed E-state index contributed by atoms with van der Waals surface area (Å²) in [5, 5.41) is 14.8. The van der Waals surface area contributed by atoms with Gasteiger partial charge in [0.1, 0.15) is 6.04 Å². The second-order valence-electron chi connectivity index (χ2n) is 8.95. The average Bonchev–Trinajstić information content (AvgIpc) is 3.18. The number of allylic oxidation sites excluding steroid dienone is 2. The van der Waals surface area contributed by atoms with Gasteiger partial charge in [-0.1, -0.05) is 45.6 Å². The molecule has 0 aromatic rings. The highest BCUT2D eigenvalue weighted by Crippen LogP contribution is 2.19. The van der Waals surface area contributed by atoms with Gasteiger partial charge in [0.05, 0.1) is 12.5 Å². The summed E-state index contributed by atoms with van der Waals surface area (Å²) in [6.07, 6.45) is 8.38. The molecule has 1 aliphatic heterocycles. The van der Waals surface area contributed by atoms with Gasteiger partial charge in [-0.2, -0.15) is 0 Å². The van der Waals surface area contributed by atoms with Crippen molar-refractivity contribution in [1.82, 2.24) is 20.4 Å². The normalized spacial score (nSPS) is 15.4. The monoisotopic (exact) mass is 421 g/mol. The van der Waals surface area contributed by atoms with E-state index in [1.807, 2.05) is 0 Å². The third-order valence-corrected chi connectivity index (χ3v) is 6.05. The van der Waals surface area contributed by atoms with E-state index in [4.69, 9.17) is 5.41 Å². The van der Waals surface area contributed by atoms with Crippen molar-refractivity contribution in [2.75, 3.05) is 33.4 Å². The molecule has 1 fully saturated rings. The number of nitrogens with one attached hydrogen (secondary N) is 3. The van der Waals surface area contributed by atoms with Gasteiger partial charge in [-0.3, -0.25) is 15.1 Å². The molecule has 1 amide bonds. The summed E-state index contributed by atoms with van der Waals surface area (Å²) in [4.78, 5) is 16.9. The van der Waals surface area contributed by atoms with E-state index in [0.29, 0.717) is 12.3 Å². The number of likely N-dealkylation sites (N-methyl/N-ethyl adjacent to an activating group) is 1. The van der Waals surface area contributed by atoms with Gasteiger partial charge >= 0.3 is 0 Å². The first kappa shape index (κ1) is 26.5. The number of hydrogen-bond donors (Lipinski definition) is 3. The maximum Gasteiger partial charge on any atom is 0.242 e. The average molecular weight is 422 g/mol. The van der Waals surface area contributed by atoms with Crippen LogP contribution in [0.4, 0.5) is 0 Å². The number of nitrogens with zero attached hydrogens (tertiary/aromatic N) is 2. The fraction of sp³-hybridized carbons (Fsp3) is 0.833. The molecule has 0 aromatic heterocycles. The predicted octanol–water partition coefficient (Wildman–Crippen LogP) is 4.33. The standard InChI is InChI=1S/C24H47N5O/c1-7-10-20(11-8-2)17-28-15-16-29(18-28)23(25)14-13-21(19(4)5)27-22(12-9-3)24(30)26-6/h20,22,25,27H,7-18H2,1-6H3,(H,26,30). The zero-order chi connectivity index (χ0) is 22.5. The summed E-state index contributed by atoms with van der Waals surface area (Å²) in [5.74, 6) is 1.54. The van der Waals surface area contributed by atoms with Crippen molar-refractivity contribution in [2.24, 2.45) is 5.92 Å². The Bertz CT molecular complexity index is 550. The first-order chi connectivity index (χ1) is 14.4. The first-order valence-electron chi connectivity index (χ1n) is 12.0. The molecule has 1 heterocycles. The highest BCUT2D eigenvalue weighted by molar-refractivity contribution is 5.82. The number of carbonyl (C=O) groups is 1. The van der Waals surface area contributed by atoms with Crippen molar-refractivity contribution < 1.29 is 4.79 Å². The highest BCUT2D eigenvalue weighted by Gasteiger charge is 2.24. The van der Waals surface area contributed by atoms with Crippen molar-refractivity contribution in [1.29, 1.82) is 5.41 Å². The minimum Gasteiger partial charge on any atom is -0.377 e. The molecule has 0 radical (unpaired) electrons. The van der Waals surface area contributed by atoms with Crippen LogP contribution in [0, 0.1) is 11.3 Å². The molecule has 1 aliphatic rings. The summed E-state index contributed by atoms with van der Waals surface area (Å²) in [6, 6.07) is -0.199. The van der Waals surface area contributed by atoms with Gasteiger partial charge in [0, 0.05) is 38.8 Å². The van der Waals surface area contributed by atoms with Crippen LogP contribution in [0.5, 0.6) is 0 Å². The number of rotatable bonds is 14. The highest BCUT2D eigenvalue weighted by atomic mass is 16.2. The molecule has 0 aromatic carbocycles. The third-order valence-electron chi connectivity index (χ3n) is 6.05. The Labute approximate surface area is 185 Å². The lowest BCUT2D eigenvalue weighted by Crippen LogP contribution is -2.42. The van der Waals surface area contributed by atoms with Gasteiger partial charge in [-0.15, -0.1) is 0 Å². The SMILES string of the molecule is CCCC(CCC)CN1CCN(C(=N)CCC(NC(CCC)C(=O)NC)=C(C)C)C1. The first-order valence-corrected chi connectivity index (χ1v) is 12.0. The molecular formula is C24H47N5O. The van der Waals surface area contributed by atoms with Crippen LogP contribution < -0.4 is 10.6 Å². The minimum atomic E-state index is -0.199. The van der Waals surface area contributed by atoms with E-state index >= 15 is 0 Å². The summed E-state index contributed by atoms with van der Waals surface area (Å²) < 4.78 is 0. The van der Waals surface area contributed by atoms with Crippen molar-refractivity contribution >= 4 is 11.7 Å². The summed E-state index contributed by atoms with van der Waals surface area (Å²) in [7, 11) is 1.69. The summed E-state index contributed by atoms with van der Waals surface area (Å²) in [5.41, 5.74) is 2.29. The molecule has 0 saturated carbocycles. The maximum absolute atomic E-state index is 12.2. The molecule has 3 N–H and O–H groups in total. The number of amides is 1. The Morgan fingerprint density at radius 2 is 1.63 bits per heavy atom. The van der Waals surface area contributed by atoms with Crippen LogP contribution in [0.25, 0.3) is 0 Å². The zero-order valence-electron chi connectivity index (χ0n) is 20.4. The molecule has 1 rings (SSSR count). The minimum absolute atomic E-state index is 0.0366. The predicted molar refractivity (Wildman–Crippen MR) is 128 cm³/mol. The molecule has 0 bridgehead atoms. The summed E-state index contributed by atoms with van der Waals surface area (Å²) in [6.45, 7) is 14.9. The van der Waals surface area contributed by atoms with E-state index in [0.717, 1.165) is 57.2 Å². The fourth-order valence-corrected chi connectivity index (χ4v) is 4.33. The molecule has 6 heteroatoms. The Kier molecular flexibility index (Phi) is 12.7. The molecule has 0 aliphatic carbocycles. The van der Waals surface area contributed by atoms with Gasteiger partial charge in [-0.25, -0.2) is 0 Å². The van der Waals surface area contributed by atoms with Gasteiger partial charge in [-0.05, 0) is 45.4 Å². The molecular weight excluding hydrogens is 374 g/mol. The van der Waals surface area contributed by atoms with Crippen LogP contribution >= 0.6 is 0 Å².